The number of nitrogens with two attached hydrogens (primary N) is 1. The lowest BCUT2D eigenvalue weighted by Crippen LogP contribution is -2.23. The quantitative estimate of drug-likeness (QED) is 0.845. The van der Waals surface area contributed by atoms with Crippen LogP contribution in [-0.4, -0.2) is 10.9 Å². The van der Waals surface area contributed by atoms with Crippen LogP contribution in [0.3, 0.4) is 0 Å². The zero-order chi connectivity index (χ0) is 13.3. The number of H-pyrrole nitrogens is 1. The van der Waals surface area contributed by atoms with E-state index in [1.165, 1.54) is 6.20 Å². The van der Waals surface area contributed by atoms with Crippen LogP contribution in [0.2, 0.25) is 0 Å². The minimum absolute atomic E-state index is 0.0798. The van der Waals surface area contributed by atoms with Crippen molar-refractivity contribution in [3.05, 3.63) is 58.0 Å². The van der Waals surface area contributed by atoms with Gasteiger partial charge in [-0.2, -0.15) is 0 Å². The molecule has 4 nitrogen and oxygen atoms in total. The number of benzene rings is 1. The van der Waals surface area contributed by atoms with E-state index < -0.39 is 23.0 Å². The van der Waals surface area contributed by atoms with Gasteiger partial charge in [-0.05, 0) is 12.1 Å². The Kier molecular flexibility index (Phi) is 2.93. The first kappa shape index (κ1) is 12.0. The largest absolute Gasteiger partial charge is 0.366 e. The summed E-state index contributed by atoms with van der Waals surface area (Å²) in [6.45, 7) is 0. The van der Waals surface area contributed by atoms with E-state index >= 15 is 0 Å². The highest BCUT2D eigenvalue weighted by Crippen LogP contribution is 2.20. The molecule has 2 rings (SSSR count). The summed E-state index contributed by atoms with van der Waals surface area (Å²) in [5.41, 5.74) is 3.85. The van der Waals surface area contributed by atoms with Gasteiger partial charge in [0.2, 0.25) is 5.43 Å². The van der Waals surface area contributed by atoms with Crippen LogP contribution >= 0.6 is 0 Å². The zero-order valence-corrected chi connectivity index (χ0v) is 9.04. The number of hydrogen-bond acceptors (Lipinski definition) is 2. The Morgan fingerprint density at radius 2 is 1.89 bits per heavy atom. The molecule has 6 heteroatoms. The fourth-order valence-corrected chi connectivity index (χ4v) is 1.58. The highest BCUT2D eigenvalue weighted by atomic mass is 19.1. The van der Waals surface area contributed by atoms with E-state index in [0.717, 1.165) is 18.3 Å². The van der Waals surface area contributed by atoms with E-state index in [0.29, 0.717) is 6.07 Å². The van der Waals surface area contributed by atoms with Crippen molar-refractivity contribution in [3.8, 4) is 11.1 Å². The highest BCUT2D eigenvalue weighted by molar-refractivity contribution is 5.93. The monoisotopic (exact) mass is 250 g/mol. The van der Waals surface area contributed by atoms with Gasteiger partial charge >= 0.3 is 0 Å². The Labute approximate surface area is 100 Å². The Morgan fingerprint density at radius 3 is 2.50 bits per heavy atom. The van der Waals surface area contributed by atoms with E-state index in [1.54, 1.807) is 0 Å². The first-order valence-electron chi connectivity index (χ1n) is 4.97. The molecule has 92 valence electrons. The lowest BCUT2D eigenvalue weighted by Gasteiger charge is -2.04. The van der Waals surface area contributed by atoms with Gasteiger partial charge in [0.05, 0.1) is 0 Å². The van der Waals surface area contributed by atoms with Crippen LogP contribution in [0.15, 0.2) is 35.4 Å². The second-order valence-electron chi connectivity index (χ2n) is 3.60. The number of amides is 1. The minimum atomic E-state index is -0.916. The zero-order valence-electron chi connectivity index (χ0n) is 9.04. The standard InChI is InChI=1S/C12H8F2N2O2/c13-6-1-2-7(10(14)3-6)8-4-16-5-9(11(8)17)12(15)18/h1-5H,(H2,15,18)(H,16,17). The molecular formula is C12H8F2N2O2. The van der Waals surface area contributed by atoms with Gasteiger partial charge in [-0.15, -0.1) is 0 Å². The number of primary amides is 1. The summed E-state index contributed by atoms with van der Waals surface area (Å²) in [7, 11) is 0. The molecule has 0 aliphatic carbocycles. The fourth-order valence-electron chi connectivity index (χ4n) is 1.58. The summed E-state index contributed by atoms with van der Waals surface area (Å²) in [4.78, 5) is 25.4. The lowest BCUT2D eigenvalue weighted by atomic mass is 10.0. The molecule has 0 unspecified atom stereocenters. The van der Waals surface area contributed by atoms with E-state index in [9.17, 15) is 18.4 Å². The molecule has 0 atom stereocenters. The second kappa shape index (κ2) is 4.40. The average molecular weight is 250 g/mol. The minimum Gasteiger partial charge on any atom is -0.366 e. The number of aromatic nitrogens is 1. The number of hydrogen-bond donors (Lipinski definition) is 2. The van der Waals surface area contributed by atoms with Crippen molar-refractivity contribution in [2.75, 3.05) is 0 Å². The van der Waals surface area contributed by atoms with Crippen LogP contribution in [-0.2, 0) is 0 Å². The van der Waals surface area contributed by atoms with Gasteiger partial charge < -0.3 is 10.7 Å². The predicted molar refractivity (Wildman–Crippen MR) is 60.9 cm³/mol. The Morgan fingerprint density at radius 1 is 1.17 bits per heavy atom. The van der Waals surface area contributed by atoms with Gasteiger partial charge in [0.15, 0.2) is 0 Å². The molecule has 18 heavy (non-hydrogen) atoms. The molecule has 1 amide bonds. The lowest BCUT2D eigenvalue weighted by molar-refractivity contribution is 0.0999. The maximum absolute atomic E-state index is 13.5. The first-order valence-corrected chi connectivity index (χ1v) is 4.97. The molecule has 2 aromatic rings. The third-order valence-corrected chi connectivity index (χ3v) is 2.43. The molecule has 3 N–H and O–H groups in total. The van der Waals surface area contributed by atoms with E-state index in [2.05, 4.69) is 4.98 Å². The number of carbonyl (C=O) groups is 1. The summed E-state index contributed by atoms with van der Waals surface area (Å²) < 4.78 is 26.3. The van der Waals surface area contributed by atoms with E-state index in [4.69, 9.17) is 5.73 Å². The first-order chi connectivity index (χ1) is 8.50. The SMILES string of the molecule is NC(=O)c1c[nH]cc(-c2ccc(F)cc2F)c1=O. The van der Waals surface area contributed by atoms with Crippen LogP contribution < -0.4 is 11.2 Å². The van der Waals surface area contributed by atoms with Crippen molar-refractivity contribution in [2.24, 2.45) is 5.73 Å². The second-order valence-corrected chi connectivity index (χ2v) is 3.60. The number of halogens is 2. The third-order valence-electron chi connectivity index (χ3n) is 2.43. The number of nitrogens with one attached hydrogen (secondary N) is 1. The molecule has 1 aromatic heterocycles. The van der Waals surface area contributed by atoms with Crippen LogP contribution in [0.5, 0.6) is 0 Å². The van der Waals surface area contributed by atoms with Crippen molar-refractivity contribution in [1.29, 1.82) is 0 Å². The Bertz CT molecular complexity index is 680. The van der Waals surface area contributed by atoms with Gasteiger partial charge in [-0.3, -0.25) is 9.59 Å². The molecule has 0 saturated carbocycles. The van der Waals surface area contributed by atoms with Crippen LogP contribution in [0.4, 0.5) is 8.78 Å². The normalized spacial score (nSPS) is 10.3. The summed E-state index contributed by atoms with van der Waals surface area (Å²) in [5, 5.41) is 0. The van der Waals surface area contributed by atoms with E-state index in [1.807, 2.05) is 0 Å². The van der Waals surface area contributed by atoms with Crippen LogP contribution in [0.25, 0.3) is 11.1 Å². The summed E-state index contributed by atoms with van der Waals surface area (Å²) in [6, 6.07) is 2.81. The number of pyridine rings is 1. The molecule has 0 aliphatic heterocycles. The van der Waals surface area contributed by atoms with Gasteiger partial charge in [-0.25, -0.2) is 8.78 Å². The van der Waals surface area contributed by atoms with Crippen molar-refractivity contribution >= 4 is 5.91 Å². The molecule has 0 spiro atoms. The molecule has 0 saturated heterocycles. The van der Waals surface area contributed by atoms with Crippen molar-refractivity contribution < 1.29 is 13.6 Å². The molecule has 0 fully saturated rings. The molecule has 1 heterocycles. The van der Waals surface area contributed by atoms with E-state index in [-0.39, 0.29) is 16.7 Å². The van der Waals surface area contributed by atoms with Gasteiger partial charge in [0.25, 0.3) is 5.91 Å². The molecular weight excluding hydrogens is 242 g/mol. The number of rotatable bonds is 2. The average Bonchev–Trinajstić information content (AvgIpc) is 2.30. The summed E-state index contributed by atoms with van der Waals surface area (Å²) >= 11 is 0. The van der Waals surface area contributed by atoms with Crippen molar-refractivity contribution in [1.82, 2.24) is 4.98 Å². The predicted octanol–water partition coefficient (Wildman–Crippen LogP) is 1.42. The van der Waals surface area contributed by atoms with Crippen LogP contribution in [0, 0.1) is 11.6 Å². The highest BCUT2D eigenvalue weighted by Gasteiger charge is 2.14. The third kappa shape index (κ3) is 2.00. The molecule has 0 aliphatic rings. The topological polar surface area (TPSA) is 76.0 Å². The molecule has 1 aromatic carbocycles. The summed E-state index contributed by atoms with van der Waals surface area (Å²) in [5.74, 6) is -2.55. The smallest absolute Gasteiger partial charge is 0.254 e. The maximum atomic E-state index is 13.5. The van der Waals surface area contributed by atoms with Gasteiger partial charge in [0, 0.05) is 29.6 Å². The Hall–Kier alpha value is -2.50. The van der Waals surface area contributed by atoms with Crippen LogP contribution in [0.1, 0.15) is 10.4 Å². The summed E-state index contributed by atoms with van der Waals surface area (Å²) in [6.07, 6.45) is 2.36. The maximum Gasteiger partial charge on any atom is 0.254 e. The Balaban J connectivity index is 2.69. The number of carbonyl (C=O) groups excluding carboxylic acids is 1. The van der Waals surface area contributed by atoms with Crippen molar-refractivity contribution in [3.63, 3.8) is 0 Å². The molecule has 0 radical (unpaired) electrons. The van der Waals surface area contributed by atoms with Gasteiger partial charge in [0.1, 0.15) is 17.2 Å². The van der Waals surface area contributed by atoms with Gasteiger partial charge in [-0.1, -0.05) is 0 Å². The fraction of sp³-hybridized carbons (Fsp3) is 0. The molecule has 0 bridgehead atoms. The number of aromatic amines is 1. The van der Waals surface area contributed by atoms with Crippen molar-refractivity contribution in [2.45, 2.75) is 0 Å².